The molecule has 1 atom stereocenters. The number of pyridine rings is 1. The molecule has 0 saturated heterocycles. The van der Waals surface area contributed by atoms with E-state index in [4.69, 9.17) is 9.47 Å². The van der Waals surface area contributed by atoms with E-state index in [1.807, 2.05) is 32.2 Å². The zero-order valence-corrected chi connectivity index (χ0v) is 19.4. The van der Waals surface area contributed by atoms with Crippen molar-refractivity contribution in [2.75, 3.05) is 13.7 Å². The highest BCUT2D eigenvalue weighted by atomic mass is 32.1. The number of ether oxygens (including phenoxy) is 2. The van der Waals surface area contributed by atoms with Gasteiger partial charge >= 0.3 is 5.97 Å². The van der Waals surface area contributed by atoms with Crippen molar-refractivity contribution < 1.29 is 14.3 Å². The highest BCUT2D eigenvalue weighted by Crippen LogP contribution is 2.25. The van der Waals surface area contributed by atoms with Crippen LogP contribution in [0.1, 0.15) is 71.5 Å². The molecule has 2 heterocycles. The fourth-order valence-electron chi connectivity index (χ4n) is 3.40. The molecule has 2 N–H and O–H groups in total. The fraction of sp³-hybridized carbons (Fsp3) is 0.545. The van der Waals surface area contributed by atoms with Crippen LogP contribution in [-0.4, -0.2) is 41.7 Å². The molecule has 8 nitrogen and oxygen atoms in total. The Kier molecular flexibility index (Phi) is 8.22. The molecule has 31 heavy (non-hydrogen) atoms. The van der Waals surface area contributed by atoms with Gasteiger partial charge in [-0.15, -0.1) is 11.3 Å². The van der Waals surface area contributed by atoms with Gasteiger partial charge in [-0.25, -0.2) is 14.8 Å². The number of rotatable bonds is 8. The number of hydrogen-bond donors (Lipinski definition) is 2. The molecule has 0 amide bonds. The number of carbonyl (C=O) groups excluding carboxylic acids is 1. The van der Waals surface area contributed by atoms with Crippen LogP contribution < -0.4 is 15.4 Å². The molecule has 2 aromatic rings. The van der Waals surface area contributed by atoms with Crippen molar-refractivity contribution in [2.24, 2.45) is 4.99 Å². The van der Waals surface area contributed by atoms with Gasteiger partial charge in [-0.1, -0.05) is 6.07 Å². The third-order valence-electron chi connectivity index (χ3n) is 5.07. The van der Waals surface area contributed by atoms with Crippen molar-refractivity contribution in [3.05, 3.63) is 39.5 Å². The monoisotopic (exact) mass is 445 g/mol. The van der Waals surface area contributed by atoms with E-state index in [0.29, 0.717) is 41.7 Å². The highest BCUT2D eigenvalue weighted by Gasteiger charge is 2.20. The normalized spacial score (nSPS) is 15.5. The fourth-order valence-corrected chi connectivity index (χ4v) is 4.36. The second-order valence-electron chi connectivity index (χ2n) is 7.51. The van der Waals surface area contributed by atoms with Crippen molar-refractivity contribution in [1.82, 2.24) is 20.6 Å². The highest BCUT2D eigenvalue weighted by molar-refractivity contribution is 7.13. The molecule has 1 aliphatic rings. The van der Waals surface area contributed by atoms with E-state index >= 15 is 0 Å². The second kappa shape index (κ2) is 11.1. The molecule has 0 spiro atoms. The number of esters is 1. The Bertz CT molecular complexity index is 891. The van der Waals surface area contributed by atoms with Gasteiger partial charge in [0.2, 0.25) is 5.88 Å². The Balaban J connectivity index is 1.52. The maximum atomic E-state index is 12.0. The summed E-state index contributed by atoms with van der Waals surface area (Å²) < 4.78 is 11.0. The molecule has 2 aromatic heterocycles. The first-order chi connectivity index (χ1) is 15.0. The number of guanidine groups is 1. The first kappa shape index (κ1) is 23.0. The van der Waals surface area contributed by atoms with Crippen molar-refractivity contribution in [2.45, 2.75) is 65.1 Å². The largest absolute Gasteiger partial charge is 0.474 e. The topological polar surface area (TPSA) is 97.7 Å². The Hall–Kier alpha value is -2.68. The molecule has 0 aromatic carbocycles. The molecule has 168 valence electrons. The molecule has 9 heteroatoms. The van der Waals surface area contributed by atoms with Crippen molar-refractivity contribution in [3.63, 3.8) is 0 Å². The second-order valence-corrected chi connectivity index (χ2v) is 8.54. The number of aryl methyl sites for hydroxylation is 1. The SMILES string of the molecule is CCOC(=O)c1sc(C(C)NC(=NC)NCc2ccc(OC3CCCC3)nc2)nc1C. The van der Waals surface area contributed by atoms with Crippen molar-refractivity contribution >= 4 is 23.3 Å². The minimum Gasteiger partial charge on any atom is -0.474 e. The lowest BCUT2D eigenvalue weighted by Crippen LogP contribution is -2.38. The van der Waals surface area contributed by atoms with Gasteiger partial charge in [-0.3, -0.25) is 4.99 Å². The predicted molar refractivity (Wildman–Crippen MR) is 122 cm³/mol. The van der Waals surface area contributed by atoms with Crippen LogP contribution in [0, 0.1) is 6.92 Å². The zero-order chi connectivity index (χ0) is 22.2. The van der Waals surface area contributed by atoms with Crippen molar-refractivity contribution in [3.8, 4) is 5.88 Å². The molecular weight excluding hydrogens is 414 g/mol. The maximum absolute atomic E-state index is 12.0. The summed E-state index contributed by atoms with van der Waals surface area (Å²) in [5.74, 6) is 0.999. The van der Waals surface area contributed by atoms with Crippen LogP contribution in [0.5, 0.6) is 5.88 Å². The minimum atomic E-state index is -0.327. The van der Waals surface area contributed by atoms with E-state index in [1.165, 1.54) is 24.2 Å². The van der Waals surface area contributed by atoms with Gasteiger partial charge in [0.1, 0.15) is 16.0 Å². The molecule has 1 saturated carbocycles. The first-order valence-corrected chi connectivity index (χ1v) is 11.5. The van der Waals surface area contributed by atoms with Crippen LogP contribution >= 0.6 is 11.3 Å². The average Bonchev–Trinajstić information content (AvgIpc) is 3.41. The lowest BCUT2D eigenvalue weighted by molar-refractivity contribution is 0.0531. The van der Waals surface area contributed by atoms with E-state index in [9.17, 15) is 4.79 Å². The summed E-state index contributed by atoms with van der Waals surface area (Å²) >= 11 is 1.34. The molecule has 1 fully saturated rings. The zero-order valence-electron chi connectivity index (χ0n) is 18.6. The van der Waals surface area contributed by atoms with E-state index in [2.05, 4.69) is 25.6 Å². The molecule has 1 aliphatic carbocycles. The molecular formula is C22H31N5O3S. The smallest absolute Gasteiger partial charge is 0.350 e. The Labute approximate surface area is 187 Å². The van der Waals surface area contributed by atoms with Crippen molar-refractivity contribution in [1.29, 1.82) is 0 Å². The summed E-state index contributed by atoms with van der Waals surface area (Å²) in [6.45, 7) is 6.52. The number of aliphatic imine (C=N–C) groups is 1. The third kappa shape index (κ3) is 6.40. The van der Waals surface area contributed by atoms with Crippen LogP contribution in [0.25, 0.3) is 0 Å². The van der Waals surface area contributed by atoms with Gasteiger partial charge in [0, 0.05) is 25.9 Å². The molecule has 3 rings (SSSR count). The molecule has 0 bridgehead atoms. The Morgan fingerprint density at radius 2 is 2.13 bits per heavy atom. The van der Waals surface area contributed by atoms with E-state index in [0.717, 1.165) is 23.4 Å². The molecule has 1 unspecified atom stereocenters. The summed E-state index contributed by atoms with van der Waals surface area (Å²) in [7, 11) is 1.72. The summed E-state index contributed by atoms with van der Waals surface area (Å²) in [5.41, 5.74) is 1.71. The third-order valence-corrected chi connectivity index (χ3v) is 6.39. The molecule has 0 radical (unpaired) electrons. The number of thiazole rings is 1. The van der Waals surface area contributed by atoms with Crippen LogP contribution in [0.2, 0.25) is 0 Å². The summed E-state index contributed by atoms with van der Waals surface area (Å²) in [5, 5.41) is 7.40. The van der Waals surface area contributed by atoms with Crippen LogP contribution in [0.15, 0.2) is 23.3 Å². The van der Waals surface area contributed by atoms with Gasteiger partial charge in [0.25, 0.3) is 0 Å². The van der Waals surface area contributed by atoms with Gasteiger partial charge < -0.3 is 20.1 Å². The number of nitrogens with one attached hydrogen (secondary N) is 2. The van der Waals surface area contributed by atoms with Gasteiger partial charge in [0.05, 0.1) is 18.3 Å². The van der Waals surface area contributed by atoms with Gasteiger partial charge in [-0.2, -0.15) is 0 Å². The van der Waals surface area contributed by atoms with E-state index in [1.54, 1.807) is 14.0 Å². The number of hydrogen-bond acceptors (Lipinski definition) is 7. The predicted octanol–water partition coefficient (Wildman–Crippen LogP) is 3.77. The van der Waals surface area contributed by atoms with Gasteiger partial charge in [-0.05, 0) is 52.0 Å². The average molecular weight is 446 g/mol. The standard InChI is InChI=1S/C22H31N5O3S/c1-5-29-21(28)19-14(2)26-20(31-19)15(3)27-22(23-4)25-13-16-10-11-18(24-12-16)30-17-8-6-7-9-17/h10-12,15,17H,5-9,13H2,1-4H3,(H2,23,25,27). The Morgan fingerprint density at radius 1 is 1.35 bits per heavy atom. The van der Waals surface area contributed by atoms with E-state index in [-0.39, 0.29) is 12.0 Å². The van der Waals surface area contributed by atoms with Crippen LogP contribution in [-0.2, 0) is 11.3 Å². The lowest BCUT2D eigenvalue weighted by atomic mass is 10.3. The lowest BCUT2D eigenvalue weighted by Gasteiger charge is -2.16. The maximum Gasteiger partial charge on any atom is 0.350 e. The number of aromatic nitrogens is 2. The minimum absolute atomic E-state index is 0.113. The number of nitrogens with zero attached hydrogens (tertiary/aromatic N) is 3. The first-order valence-electron chi connectivity index (χ1n) is 10.7. The summed E-state index contributed by atoms with van der Waals surface area (Å²) in [6, 6.07) is 3.82. The van der Waals surface area contributed by atoms with Crippen LogP contribution in [0.3, 0.4) is 0 Å². The quantitative estimate of drug-likeness (QED) is 0.363. The Morgan fingerprint density at radius 3 is 2.77 bits per heavy atom. The summed E-state index contributed by atoms with van der Waals surface area (Å²) in [4.78, 5) is 25.8. The summed E-state index contributed by atoms with van der Waals surface area (Å²) in [6.07, 6.45) is 6.84. The van der Waals surface area contributed by atoms with Gasteiger partial charge in [0.15, 0.2) is 5.96 Å². The number of carbonyl (C=O) groups is 1. The van der Waals surface area contributed by atoms with Crippen LogP contribution in [0.4, 0.5) is 0 Å². The molecule has 0 aliphatic heterocycles. The van der Waals surface area contributed by atoms with E-state index < -0.39 is 0 Å².